The predicted molar refractivity (Wildman–Crippen MR) is 251 cm³/mol. The second-order valence-corrected chi connectivity index (χ2v) is 15.5. The van der Waals surface area contributed by atoms with Crippen molar-refractivity contribution < 1.29 is 0 Å². The summed E-state index contributed by atoms with van der Waals surface area (Å²) >= 11 is 0. The number of para-hydroxylation sites is 3. The summed E-state index contributed by atoms with van der Waals surface area (Å²) in [5.41, 5.74) is 17.2. The molecule has 0 radical (unpaired) electrons. The van der Waals surface area contributed by atoms with Crippen LogP contribution in [0.15, 0.2) is 194 Å². The van der Waals surface area contributed by atoms with Crippen LogP contribution in [0.5, 0.6) is 0 Å². The number of aryl methyl sites for hydroxylation is 2. The minimum absolute atomic E-state index is 0.705. The van der Waals surface area contributed by atoms with Crippen LogP contribution in [0.2, 0.25) is 0 Å². The van der Waals surface area contributed by atoms with Gasteiger partial charge in [-0.2, -0.15) is 0 Å². The lowest BCUT2D eigenvalue weighted by Gasteiger charge is -2.20. The molecule has 8 aromatic carbocycles. The van der Waals surface area contributed by atoms with E-state index in [0.717, 1.165) is 57.8 Å². The molecule has 0 aliphatic heterocycles. The van der Waals surface area contributed by atoms with Gasteiger partial charge in [0.25, 0.3) is 0 Å². The van der Waals surface area contributed by atoms with Gasteiger partial charge in [0.15, 0.2) is 5.82 Å². The van der Waals surface area contributed by atoms with Crippen LogP contribution in [-0.4, -0.2) is 19.1 Å². The summed E-state index contributed by atoms with van der Waals surface area (Å²) in [7, 11) is 0. The molecule has 0 saturated carbocycles. The summed E-state index contributed by atoms with van der Waals surface area (Å²) in [5.74, 6) is 0.705. The Kier molecular flexibility index (Phi) is 8.70. The van der Waals surface area contributed by atoms with Crippen LogP contribution in [0.4, 0.5) is 0 Å². The molecule has 0 amide bonds. The first-order valence-corrected chi connectivity index (χ1v) is 21.0. The fourth-order valence-corrected chi connectivity index (χ4v) is 9.47. The minimum atomic E-state index is 0.705. The molecule has 0 unspecified atom stereocenters. The molecule has 11 rings (SSSR count). The molecule has 0 atom stereocenters. The zero-order chi connectivity index (χ0) is 40.2. The van der Waals surface area contributed by atoms with Crippen molar-refractivity contribution in [3.8, 4) is 56.4 Å². The topological polar surface area (TPSA) is 35.6 Å². The standard InChI is InChI=1S/C56H42N4/c1-3-37-21-14-15-30-44(37)51-43(4-2)52-45-31-16-18-33-49(45)59(41-27-12-7-13-28-41)55(52)53-46-32-17-19-34-50(46)60(54(51)53)42-29-20-26-40(35-42)48-36-47(38-22-8-5-9-23-38)57-56(58-48)39-24-10-6-11-25-39/h5-36H,3-4H2,1-2H3. The maximum Gasteiger partial charge on any atom is 0.160 e. The number of benzene rings is 8. The van der Waals surface area contributed by atoms with E-state index in [-0.39, 0.29) is 0 Å². The van der Waals surface area contributed by atoms with Gasteiger partial charge in [0, 0.05) is 55.2 Å². The van der Waals surface area contributed by atoms with Crippen molar-refractivity contribution in [2.24, 2.45) is 0 Å². The van der Waals surface area contributed by atoms with Crippen molar-refractivity contribution in [1.82, 2.24) is 19.1 Å². The Morgan fingerprint density at radius 2 is 0.950 bits per heavy atom. The molecule has 60 heavy (non-hydrogen) atoms. The lowest BCUT2D eigenvalue weighted by molar-refractivity contribution is 1.12. The molecule has 0 aliphatic rings. The van der Waals surface area contributed by atoms with E-state index >= 15 is 0 Å². The Balaban J connectivity index is 1.28. The summed E-state index contributed by atoms with van der Waals surface area (Å²) in [6, 6.07) is 69.6. The van der Waals surface area contributed by atoms with Gasteiger partial charge in [-0.3, -0.25) is 0 Å². The Morgan fingerprint density at radius 3 is 1.63 bits per heavy atom. The smallest absolute Gasteiger partial charge is 0.160 e. The highest BCUT2D eigenvalue weighted by Gasteiger charge is 2.28. The molecule has 11 aromatic rings. The Bertz CT molecular complexity index is 3320. The summed E-state index contributed by atoms with van der Waals surface area (Å²) in [5, 5.41) is 5.07. The molecule has 3 heterocycles. The fourth-order valence-electron chi connectivity index (χ4n) is 9.47. The van der Waals surface area contributed by atoms with Crippen LogP contribution in [0.1, 0.15) is 25.0 Å². The van der Waals surface area contributed by atoms with Gasteiger partial charge in [0.2, 0.25) is 0 Å². The number of rotatable bonds is 8. The van der Waals surface area contributed by atoms with E-state index in [0.29, 0.717) is 5.82 Å². The third kappa shape index (κ3) is 5.67. The average Bonchev–Trinajstić information content (AvgIpc) is 3.85. The Labute approximate surface area is 349 Å². The lowest BCUT2D eigenvalue weighted by Crippen LogP contribution is -2.02. The van der Waals surface area contributed by atoms with Crippen molar-refractivity contribution in [1.29, 1.82) is 0 Å². The number of aromatic nitrogens is 4. The van der Waals surface area contributed by atoms with E-state index in [2.05, 4.69) is 193 Å². The maximum atomic E-state index is 5.25. The Morgan fingerprint density at radius 1 is 0.417 bits per heavy atom. The highest BCUT2D eigenvalue weighted by Crippen LogP contribution is 2.49. The van der Waals surface area contributed by atoms with Crippen LogP contribution in [0.3, 0.4) is 0 Å². The second-order valence-electron chi connectivity index (χ2n) is 15.5. The fraction of sp³-hybridized carbons (Fsp3) is 0.0714. The zero-order valence-electron chi connectivity index (χ0n) is 33.7. The summed E-state index contributed by atoms with van der Waals surface area (Å²) in [6.07, 6.45) is 1.80. The van der Waals surface area contributed by atoms with E-state index < -0.39 is 0 Å². The molecule has 0 saturated heterocycles. The van der Waals surface area contributed by atoms with Gasteiger partial charge in [0.1, 0.15) is 0 Å². The SMILES string of the molecule is CCc1ccccc1-c1c(CC)c2c3ccccc3n(-c3ccccc3)c2c2c3ccccc3n(-c3cccc(-c4cc(-c5ccccc5)nc(-c5ccccc5)n4)c3)c12. The molecule has 3 aromatic heterocycles. The third-order valence-corrected chi connectivity index (χ3v) is 12.1. The first-order valence-electron chi connectivity index (χ1n) is 21.0. The molecule has 4 nitrogen and oxygen atoms in total. The first kappa shape index (κ1) is 35.6. The first-order chi connectivity index (χ1) is 29.7. The largest absolute Gasteiger partial charge is 0.309 e. The lowest BCUT2D eigenvalue weighted by atomic mass is 9.88. The molecular weight excluding hydrogens is 729 g/mol. The van der Waals surface area contributed by atoms with E-state index in [1.54, 1.807) is 0 Å². The highest BCUT2D eigenvalue weighted by molar-refractivity contribution is 6.30. The van der Waals surface area contributed by atoms with Gasteiger partial charge in [-0.1, -0.05) is 166 Å². The minimum Gasteiger partial charge on any atom is -0.309 e. The molecule has 0 aliphatic carbocycles. The van der Waals surface area contributed by atoms with E-state index in [1.165, 1.54) is 60.3 Å². The number of nitrogens with zero attached hydrogens (tertiary/aromatic N) is 4. The van der Waals surface area contributed by atoms with Crippen LogP contribution in [0, 0.1) is 0 Å². The van der Waals surface area contributed by atoms with Crippen molar-refractivity contribution in [2.45, 2.75) is 26.7 Å². The van der Waals surface area contributed by atoms with E-state index in [4.69, 9.17) is 9.97 Å². The Hall–Kier alpha value is -7.56. The maximum absolute atomic E-state index is 5.25. The molecule has 4 heteroatoms. The van der Waals surface area contributed by atoms with Gasteiger partial charge in [-0.05, 0) is 72.0 Å². The van der Waals surface area contributed by atoms with Crippen LogP contribution in [0.25, 0.3) is 100 Å². The number of hydrogen-bond acceptors (Lipinski definition) is 2. The molecule has 0 N–H and O–H groups in total. The molecule has 0 spiro atoms. The second kappa shape index (κ2) is 14.7. The van der Waals surface area contributed by atoms with Crippen molar-refractivity contribution in [3.63, 3.8) is 0 Å². The van der Waals surface area contributed by atoms with Crippen molar-refractivity contribution in [3.05, 3.63) is 205 Å². The molecule has 286 valence electrons. The molecular formula is C56H42N4. The van der Waals surface area contributed by atoms with Crippen LogP contribution >= 0.6 is 0 Å². The van der Waals surface area contributed by atoms with Crippen molar-refractivity contribution >= 4 is 43.6 Å². The predicted octanol–water partition coefficient (Wildman–Crippen LogP) is 14.5. The van der Waals surface area contributed by atoms with Crippen molar-refractivity contribution in [2.75, 3.05) is 0 Å². The van der Waals surface area contributed by atoms with Gasteiger partial charge >= 0.3 is 0 Å². The quantitative estimate of drug-likeness (QED) is 0.154. The number of hydrogen-bond donors (Lipinski definition) is 0. The van der Waals surface area contributed by atoms with Gasteiger partial charge < -0.3 is 9.13 Å². The van der Waals surface area contributed by atoms with Gasteiger partial charge in [-0.25, -0.2) is 9.97 Å². The average molecular weight is 771 g/mol. The van der Waals surface area contributed by atoms with E-state index in [9.17, 15) is 0 Å². The summed E-state index contributed by atoms with van der Waals surface area (Å²) in [6.45, 7) is 4.60. The van der Waals surface area contributed by atoms with Gasteiger partial charge in [0.05, 0.1) is 33.5 Å². The normalized spacial score (nSPS) is 11.6. The van der Waals surface area contributed by atoms with Gasteiger partial charge in [-0.15, -0.1) is 0 Å². The summed E-state index contributed by atoms with van der Waals surface area (Å²) < 4.78 is 5.03. The third-order valence-electron chi connectivity index (χ3n) is 12.1. The van der Waals surface area contributed by atoms with Crippen LogP contribution < -0.4 is 0 Å². The number of fused-ring (bicyclic) bond motifs is 7. The zero-order valence-corrected chi connectivity index (χ0v) is 33.7. The highest BCUT2D eigenvalue weighted by atomic mass is 15.0. The van der Waals surface area contributed by atoms with E-state index in [1.807, 2.05) is 24.3 Å². The monoisotopic (exact) mass is 770 g/mol. The summed E-state index contributed by atoms with van der Waals surface area (Å²) in [4.78, 5) is 10.3. The molecule has 0 bridgehead atoms. The van der Waals surface area contributed by atoms with Crippen LogP contribution in [-0.2, 0) is 12.8 Å². The molecule has 0 fully saturated rings.